The van der Waals surface area contributed by atoms with Gasteiger partial charge in [0.1, 0.15) is 11.6 Å². The van der Waals surface area contributed by atoms with Crippen LogP contribution in [0.2, 0.25) is 5.02 Å². The molecule has 0 aliphatic heterocycles. The first-order chi connectivity index (χ1) is 15.1. The summed E-state index contributed by atoms with van der Waals surface area (Å²) >= 11 is 6.01. The van der Waals surface area contributed by atoms with Gasteiger partial charge in [-0.2, -0.15) is 0 Å². The van der Waals surface area contributed by atoms with Gasteiger partial charge in [-0.25, -0.2) is 4.98 Å². The van der Waals surface area contributed by atoms with Crippen molar-refractivity contribution in [1.82, 2.24) is 15.3 Å². The maximum Gasteiger partial charge on any atom is 0.258 e. The SMILES string of the molecule is O=C(CCCc1nc2ccccc2c(=O)[nH]1)NC1CCC(Oc2cccc(Cl)c2)CC1. The van der Waals surface area contributed by atoms with Crippen molar-refractivity contribution in [3.05, 3.63) is 69.7 Å². The summed E-state index contributed by atoms with van der Waals surface area (Å²) in [5.41, 5.74) is 0.546. The van der Waals surface area contributed by atoms with Gasteiger partial charge >= 0.3 is 0 Å². The molecule has 1 aliphatic carbocycles. The molecule has 1 amide bonds. The molecule has 1 fully saturated rings. The Kier molecular flexibility index (Phi) is 6.87. The Bertz CT molecular complexity index is 1110. The molecule has 2 N–H and O–H groups in total. The zero-order valence-corrected chi connectivity index (χ0v) is 18.0. The number of hydrogen-bond acceptors (Lipinski definition) is 4. The van der Waals surface area contributed by atoms with E-state index in [1.807, 2.05) is 42.5 Å². The maximum absolute atomic E-state index is 12.3. The Labute approximate surface area is 186 Å². The summed E-state index contributed by atoms with van der Waals surface area (Å²) in [5.74, 6) is 1.46. The Hall–Kier alpha value is -2.86. The number of amides is 1. The third-order valence-corrected chi connectivity index (χ3v) is 5.85. The van der Waals surface area contributed by atoms with Crippen LogP contribution in [0.1, 0.15) is 44.3 Å². The third-order valence-electron chi connectivity index (χ3n) is 5.62. The van der Waals surface area contributed by atoms with Gasteiger partial charge in [-0.05, 0) is 62.4 Å². The number of nitrogens with zero attached hydrogens (tertiary/aromatic N) is 1. The lowest BCUT2D eigenvalue weighted by Gasteiger charge is -2.29. The second-order valence-electron chi connectivity index (χ2n) is 8.00. The van der Waals surface area contributed by atoms with Crippen molar-refractivity contribution in [2.24, 2.45) is 0 Å². The summed E-state index contributed by atoms with van der Waals surface area (Å²) in [6.45, 7) is 0. The second kappa shape index (κ2) is 9.96. The minimum absolute atomic E-state index is 0.0438. The number of halogens is 1. The molecular formula is C24H26ClN3O3. The molecule has 0 radical (unpaired) electrons. The molecule has 4 rings (SSSR count). The number of rotatable bonds is 7. The fraction of sp³-hybridized carbons (Fsp3) is 0.375. The number of aryl methyl sites for hydroxylation is 1. The molecule has 1 heterocycles. The molecule has 6 nitrogen and oxygen atoms in total. The molecule has 0 unspecified atom stereocenters. The van der Waals surface area contributed by atoms with Gasteiger partial charge in [-0.15, -0.1) is 0 Å². The van der Waals surface area contributed by atoms with Crippen molar-refractivity contribution >= 4 is 28.4 Å². The van der Waals surface area contributed by atoms with E-state index in [0.717, 1.165) is 31.4 Å². The average Bonchev–Trinajstić information content (AvgIpc) is 2.75. The molecule has 0 atom stereocenters. The van der Waals surface area contributed by atoms with Gasteiger partial charge in [0, 0.05) is 23.9 Å². The highest BCUT2D eigenvalue weighted by molar-refractivity contribution is 6.30. The van der Waals surface area contributed by atoms with Crippen LogP contribution in [0.25, 0.3) is 10.9 Å². The van der Waals surface area contributed by atoms with Gasteiger partial charge in [0.2, 0.25) is 5.91 Å². The zero-order chi connectivity index (χ0) is 21.6. The summed E-state index contributed by atoms with van der Waals surface area (Å²) in [6, 6.07) is 14.9. The molecule has 31 heavy (non-hydrogen) atoms. The van der Waals surface area contributed by atoms with Crippen molar-refractivity contribution in [2.45, 2.75) is 57.1 Å². The standard InChI is InChI=1S/C24H26ClN3O3/c25-16-5-3-6-19(15-16)31-18-13-11-17(12-14-18)26-23(29)10-4-9-22-27-21-8-2-1-7-20(21)24(30)28-22/h1-3,5-8,15,17-18H,4,9-14H2,(H,26,29)(H,27,28,30). The zero-order valence-electron chi connectivity index (χ0n) is 17.3. The van der Waals surface area contributed by atoms with Gasteiger partial charge in [0.15, 0.2) is 0 Å². The number of hydrogen-bond donors (Lipinski definition) is 2. The molecule has 1 aromatic heterocycles. The van der Waals surface area contributed by atoms with E-state index in [9.17, 15) is 9.59 Å². The minimum atomic E-state index is -0.137. The normalized spacial score (nSPS) is 18.6. The Morgan fingerprint density at radius 2 is 1.94 bits per heavy atom. The third kappa shape index (κ3) is 5.85. The van der Waals surface area contributed by atoms with Gasteiger partial charge in [0.05, 0.1) is 17.0 Å². The Morgan fingerprint density at radius 1 is 1.13 bits per heavy atom. The fourth-order valence-electron chi connectivity index (χ4n) is 4.03. The number of ether oxygens (including phenoxy) is 1. The second-order valence-corrected chi connectivity index (χ2v) is 8.44. The molecule has 7 heteroatoms. The van der Waals surface area contributed by atoms with Crippen LogP contribution >= 0.6 is 11.6 Å². The van der Waals surface area contributed by atoms with Crippen LogP contribution in [0.15, 0.2) is 53.3 Å². The van der Waals surface area contributed by atoms with E-state index in [-0.39, 0.29) is 23.6 Å². The number of aromatic amines is 1. The first-order valence-electron chi connectivity index (χ1n) is 10.8. The van der Waals surface area contributed by atoms with Gasteiger partial charge in [-0.3, -0.25) is 9.59 Å². The lowest BCUT2D eigenvalue weighted by atomic mass is 9.92. The average molecular weight is 440 g/mol. The number of benzene rings is 2. The van der Waals surface area contributed by atoms with E-state index in [1.165, 1.54) is 0 Å². The largest absolute Gasteiger partial charge is 0.490 e. The molecule has 0 bridgehead atoms. The number of H-pyrrole nitrogens is 1. The molecule has 0 saturated heterocycles. The topological polar surface area (TPSA) is 84.1 Å². The lowest BCUT2D eigenvalue weighted by molar-refractivity contribution is -0.122. The highest BCUT2D eigenvalue weighted by atomic mass is 35.5. The van der Waals surface area contributed by atoms with Crippen LogP contribution in [0.5, 0.6) is 5.75 Å². The highest BCUT2D eigenvalue weighted by Crippen LogP contribution is 2.25. The summed E-state index contributed by atoms with van der Waals surface area (Å²) in [4.78, 5) is 31.8. The molecule has 0 spiro atoms. The van der Waals surface area contributed by atoms with E-state index < -0.39 is 0 Å². The van der Waals surface area contributed by atoms with E-state index in [2.05, 4.69) is 15.3 Å². The molecular weight excluding hydrogens is 414 g/mol. The van der Waals surface area contributed by atoms with Gasteiger partial charge in [-0.1, -0.05) is 29.8 Å². The highest BCUT2D eigenvalue weighted by Gasteiger charge is 2.23. The first-order valence-corrected chi connectivity index (χ1v) is 11.1. The quantitative estimate of drug-likeness (QED) is 0.571. The predicted molar refractivity (Wildman–Crippen MR) is 122 cm³/mol. The van der Waals surface area contributed by atoms with E-state index >= 15 is 0 Å². The van der Waals surface area contributed by atoms with E-state index in [1.54, 1.807) is 6.07 Å². The predicted octanol–water partition coefficient (Wildman–Crippen LogP) is 4.41. The molecule has 2 aromatic carbocycles. The number of carbonyl (C=O) groups excluding carboxylic acids is 1. The Morgan fingerprint density at radius 3 is 2.74 bits per heavy atom. The van der Waals surface area contributed by atoms with Crippen molar-refractivity contribution in [1.29, 1.82) is 0 Å². The lowest BCUT2D eigenvalue weighted by Crippen LogP contribution is -2.39. The van der Waals surface area contributed by atoms with E-state index in [0.29, 0.717) is 41.0 Å². The molecule has 1 saturated carbocycles. The fourth-order valence-corrected chi connectivity index (χ4v) is 4.21. The summed E-state index contributed by atoms with van der Waals surface area (Å²) in [7, 11) is 0. The maximum atomic E-state index is 12.3. The summed E-state index contributed by atoms with van der Waals surface area (Å²) in [6.07, 6.45) is 5.37. The van der Waals surface area contributed by atoms with Crippen LogP contribution in [0.4, 0.5) is 0 Å². The van der Waals surface area contributed by atoms with Gasteiger partial charge < -0.3 is 15.0 Å². The number of aromatic nitrogens is 2. The number of fused-ring (bicyclic) bond motifs is 1. The number of carbonyl (C=O) groups is 1. The summed E-state index contributed by atoms with van der Waals surface area (Å²) < 4.78 is 6.01. The molecule has 162 valence electrons. The monoisotopic (exact) mass is 439 g/mol. The Balaban J connectivity index is 1.19. The number of nitrogens with one attached hydrogen (secondary N) is 2. The van der Waals surface area contributed by atoms with Crippen molar-refractivity contribution in [3.63, 3.8) is 0 Å². The smallest absolute Gasteiger partial charge is 0.258 e. The van der Waals surface area contributed by atoms with Crippen LogP contribution in [-0.4, -0.2) is 28.0 Å². The van der Waals surface area contributed by atoms with E-state index in [4.69, 9.17) is 16.3 Å². The first kappa shape index (κ1) is 21.4. The molecule has 1 aliphatic rings. The van der Waals surface area contributed by atoms with Crippen LogP contribution in [0, 0.1) is 0 Å². The van der Waals surface area contributed by atoms with Crippen LogP contribution in [0.3, 0.4) is 0 Å². The number of para-hydroxylation sites is 1. The minimum Gasteiger partial charge on any atom is -0.490 e. The molecule has 3 aromatic rings. The summed E-state index contributed by atoms with van der Waals surface area (Å²) in [5, 5.41) is 4.38. The van der Waals surface area contributed by atoms with Crippen molar-refractivity contribution < 1.29 is 9.53 Å². The van der Waals surface area contributed by atoms with Crippen LogP contribution < -0.4 is 15.6 Å². The van der Waals surface area contributed by atoms with Crippen LogP contribution in [-0.2, 0) is 11.2 Å². The van der Waals surface area contributed by atoms with Crippen molar-refractivity contribution in [3.8, 4) is 5.75 Å². The van der Waals surface area contributed by atoms with Crippen molar-refractivity contribution in [2.75, 3.05) is 0 Å². The van der Waals surface area contributed by atoms with Gasteiger partial charge in [0.25, 0.3) is 5.56 Å².